The van der Waals surface area contributed by atoms with Gasteiger partial charge >= 0.3 is 18.1 Å². The van der Waals surface area contributed by atoms with Crippen molar-refractivity contribution in [3.63, 3.8) is 0 Å². The molecule has 0 saturated heterocycles. The van der Waals surface area contributed by atoms with Gasteiger partial charge in [0.05, 0.1) is 16.6 Å². The highest BCUT2D eigenvalue weighted by molar-refractivity contribution is 6.00. The zero-order valence-corrected chi connectivity index (χ0v) is 21.3. The fourth-order valence-electron chi connectivity index (χ4n) is 4.05. The summed E-state index contributed by atoms with van der Waals surface area (Å²) in [6, 6.07) is 12.8. The van der Waals surface area contributed by atoms with E-state index in [9.17, 15) is 31.5 Å². The Morgan fingerprint density at radius 1 is 0.976 bits per heavy atom. The summed E-state index contributed by atoms with van der Waals surface area (Å²) in [5.74, 6) is -1.66. The molecule has 5 aromatic rings. The summed E-state index contributed by atoms with van der Waals surface area (Å²) in [6.45, 7) is -0.415. The van der Waals surface area contributed by atoms with Gasteiger partial charge in [0.1, 0.15) is 12.2 Å². The Morgan fingerprint density at radius 2 is 1.71 bits per heavy atom. The Hall–Kier alpha value is -5.41. The smallest absolute Gasteiger partial charge is 0.324 e. The molecule has 0 atom stereocenters. The molecule has 5 rings (SSSR count). The highest BCUT2D eigenvalue weighted by atomic mass is 19.4. The number of pyridine rings is 1. The first kappa shape index (κ1) is 28.1. The van der Waals surface area contributed by atoms with Crippen molar-refractivity contribution >= 4 is 40.2 Å². The Labute approximate surface area is 232 Å². The maximum absolute atomic E-state index is 13.6. The minimum absolute atomic E-state index is 0.105. The lowest BCUT2D eigenvalue weighted by atomic mass is 10.1. The SMILES string of the molecule is O=C(Cn1c(C(F)F)nc2ccccc21)Nc1cc(NC(=O)Nc2c[n+](Cc3ccccn3)no2)cc(C(F)(F)F)c1. The summed E-state index contributed by atoms with van der Waals surface area (Å²) >= 11 is 0. The number of carbonyl (C=O) groups excluding carboxylic acids is 2. The fraction of sp³-hybridized carbons (Fsp3) is 0.154. The van der Waals surface area contributed by atoms with Crippen molar-refractivity contribution in [1.29, 1.82) is 0 Å². The largest absolute Gasteiger partial charge is 0.416 e. The number of hydrogen-bond donors (Lipinski definition) is 3. The Morgan fingerprint density at radius 3 is 2.43 bits per heavy atom. The summed E-state index contributed by atoms with van der Waals surface area (Å²) in [5.41, 5.74) is -0.686. The molecule has 3 amide bonds. The average Bonchev–Trinajstić information content (AvgIpc) is 3.52. The molecular formula is C26H20F5N8O3+. The summed E-state index contributed by atoms with van der Waals surface area (Å²) in [6.07, 6.45) is -4.89. The lowest BCUT2D eigenvalue weighted by Gasteiger charge is -2.14. The minimum Gasteiger partial charge on any atom is -0.324 e. The van der Waals surface area contributed by atoms with Crippen molar-refractivity contribution < 1.29 is 40.7 Å². The molecule has 0 aliphatic rings. The molecule has 0 unspecified atom stereocenters. The second kappa shape index (κ2) is 11.6. The molecule has 0 radical (unpaired) electrons. The van der Waals surface area contributed by atoms with Crippen molar-refractivity contribution in [2.45, 2.75) is 25.7 Å². The van der Waals surface area contributed by atoms with E-state index in [4.69, 9.17) is 4.52 Å². The van der Waals surface area contributed by atoms with Crippen LogP contribution in [0.3, 0.4) is 0 Å². The number of hydrogen-bond acceptors (Lipinski definition) is 6. The molecule has 0 spiro atoms. The molecule has 0 bridgehead atoms. The van der Waals surface area contributed by atoms with E-state index < -0.39 is 42.5 Å². The lowest BCUT2D eigenvalue weighted by Crippen LogP contribution is -2.35. The summed E-state index contributed by atoms with van der Waals surface area (Å²) in [5, 5.41) is 10.6. The summed E-state index contributed by atoms with van der Waals surface area (Å²) in [7, 11) is 0. The minimum atomic E-state index is -4.83. The molecule has 11 nitrogen and oxygen atoms in total. The van der Waals surface area contributed by atoms with Crippen molar-refractivity contribution in [2.24, 2.45) is 0 Å². The fourth-order valence-corrected chi connectivity index (χ4v) is 4.05. The van der Waals surface area contributed by atoms with Gasteiger partial charge in [-0.3, -0.25) is 19.6 Å². The first-order valence-corrected chi connectivity index (χ1v) is 12.1. The molecule has 0 aliphatic heterocycles. The molecule has 2 aromatic carbocycles. The van der Waals surface area contributed by atoms with Crippen molar-refractivity contribution in [1.82, 2.24) is 19.8 Å². The molecule has 16 heteroatoms. The molecule has 0 fully saturated rings. The monoisotopic (exact) mass is 587 g/mol. The topological polar surface area (TPSA) is 131 Å². The average molecular weight is 587 g/mol. The third-order valence-corrected chi connectivity index (χ3v) is 5.78. The number of urea groups is 1. The predicted octanol–water partition coefficient (Wildman–Crippen LogP) is 4.99. The van der Waals surface area contributed by atoms with E-state index >= 15 is 0 Å². The van der Waals surface area contributed by atoms with Crippen LogP contribution in [0.1, 0.15) is 23.5 Å². The van der Waals surface area contributed by atoms with Gasteiger partial charge in [0.15, 0.2) is 5.82 Å². The molecule has 42 heavy (non-hydrogen) atoms. The van der Waals surface area contributed by atoms with Gasteiger partial charge in [0.2, 0.25) is 17.7 Å². The normalized spacial score (nSPS) is 11.6. The van der Waals surface area contributed by atoms with Gasteiger partial charge in [-0.25, -0.2) is 18.6 Å². The van der Waals surface area contributed by atoms with Crippen LogP contribution in [0.25, 0.3) is 11.0 Å². The van der Waals surface area contributed by atoms with Crippen LogP contribution < -0.4 is 20.6 Å². The first-order chi connectivity index (χ1) is 20.0. The van der Waals surface area contributed by atoms with Gasteiger partial charge in [-0.05, 0) is 47.1 Å². The lowest BCUT2D eigenvalue weighted by molar-refractivity contribution is -0.755. The number of anilines is 3. The molecule has 216 valence electrons. The number of para-hydroxylation sites is 2. The second-order valence-corrected chi connectivity index (χ2v) is 8.85. The van der Waals surface area contributed by atoms with Crippen LogP contribution in [0, 0.1) is 0 Å². The molecular weight excluding hydrogens is 567 g/mol. The van der Waals surface area contributed by atoms with Gasteiger partial charge < -0.3 is 15.2 Å². The number of amides is 3. The number of imidazole rings is 1. The highest BCUT2D eigenvalue weighted by Gasteiger charge is 2.32. The summed E-state index contributed by atoms with van der Waals surface area (Å²) < 4.78 is 75.3. The third-order valence-electron chi connectivity index (χ3n) is 5.78. The van der Waals surface area contributed by atoms with E-state index in [2.05, 4.69) is 31.2 Å². The molecule has 0 aliphatic carbocycles. The van der Waals surface area contributed by atoms with Crippen molar-refractivity contribution in [3.05, 3.63) is 90.1 Å². The second-order valence-electron chi connectivity index (χ2n) is 8.85. The van der Waals surface area contributed by atoms with E-state index in [0.717, 1.165) is 10.6 Å². The molecule has 3 N–H and O–H groups in total. The molecule has 0 saturated carbocycles. The van der Waals surface area contributed by atoms with E-state index in [0.29, 0.717) is 17.8 Å². The maximum Gasteiger partial charge on any atom is 0.416 e. The Bertz CT molecular complexity index is 1740. The van der Waals surface area contributed by atoms with Crippen LogP contribution in [-0.4, -0.2) is 31.7 Å². The van der Waals surface area contributed by atoms with E-state index in [1.165, 1.54) is 23.0 Å². The van der Waals surface area contributed by atoms with Crippen LogP contribution in [0.15, 0.2) is 77.6 Å². The van der Waals surface area contributed by atoms with Crippen LogP contribution in [-0.2, 0) is 24.1 Å². The number of benzene rings is 2. The van der Waals surface area contributed by atoms with Crippen LogP contribution in [0.2, 0.25) is 0 Å². The third kappa shape index (κ3) is 6.65. The molecule has 3 aromatic heterocycles. The summed E-state index contributed by atoms with van der Waals surface area (Å²) in [4.78, 5) is 33.2. The quantitative estimate of drug-likeness (QED) is 0.173. The van der Waals surface area contributed by atoms with Gasteiger partial charge in [-0.15, -0.1) is 0 Å². The number of rotatable bonds is 8. The van der Waals surface area contributed by atoms with Gasteiger partial charge in [-0.1, -0.05) is 18.2 Å². The Kier molecular flexibility index (Phi) is 7.77. The van der Waals surface area contributed by atoms with E-state index in [1.54, 1.807) is 36.5 Å². The maximum atomic E-state index is 13.6. The van der Waals surface area contributed by atoms with E-state index in [-0.39, 0.29) is 34.8 Å². The number of aromatic nitrogens is 5. The van der Waals surface area contributed by atoms with Crippen LogP contribution >= 0.6 is 0 Å². The zero-order valence-electron chi connectivity index (χ0n) is 21.3. The van der Waals surface area contributed by atoms with Gasteiger partial charge in [0, 0.05) is 17.6 Å². The highest BCUT2D eigenvalue weighted by Crippen LogP contribution is 2.33. The number of nitrogens with zero attached hydrogens (tertiary/aromatic N) is 5. The van der Waals surface area contributed by atoms with Gasteiger partial charge in [0.25, 0.3) is 12.6 Å². The first-order valence-electron chi connectivity index (χ1n) is 12.1. The zero-order chi connectivity index (χ0) is 29.9. The number of halogens is 5. The van der Waals surface area contributed by atoms with Crippen LogP contribution in [0.4, 0.5) is 44.0 Å². The van der Waals surface area contributed by atoms with Gasteiger partial charge in [-0.2, -0.15) is 13.2 Å². The van der Waals surface area contributed by atoms with E-state index in [1.807, 2.05) is 0 Å². The van der Waals surface area contributed by atoms with Crippen molar-refractivity contribution in [3.8, 4) is 0 Å². The van der Waals surface area contributed by atoms with Crippen molar-refractivity contribution in [2.75, 3.05) is 16.0 Å². The number of carbonyl (C=O) groups is 2. The van der Waals surface area contributed by atoms with Crippen LogP contribution in [0.5, 0.6) is 0 Å². The standard InChI is InChI=1S/C26H19F5N8O3/c27-23(28)24-35-19-6-1-2-7-20(19)39(24)13-21(40)33-17-9-15(26(29,30)31)10-18(11-17)34-25(41)36-22-14-38(37-42-22)12-16-5-3-4-8-32-16/h1-11,14,23H,12-13H2,(H2-,33,34,36,37,40,41)/p+1. The predicted molar refractivity (Wildman–Crippen MR) is 137 cm³/mol. The number of nitrogens with one attached hydrogen (secondary N) is 3. The number of fused-ring (bicyclic) bond motifs is 1. The molecule has 3 heterocycles. The number of alkyl halides is 5. The Balaban J connectivity index is 1.30.